The van der Waals surface area contributed by atoms with Crippen LogP contribution in [-0.4, -0.2) is 5.78 Å². The van der Waals surface area contributed by atoms with Crippen LogP contribution in [0.5, 0.6) is 0 Å². The monoisotopic (exact) mass is 314 g/mol. The number of aryl methyl sites for hydroxylation is 3. The van der Waals surface area contributed by atoms with Crippen molar-refractivity contribution in [1.29, 1.82) is 0 Å². The molecule has 2 aromatic rings. The van der Waals surface area contributed by atoms with Crippen LogP contribution >= 0.6 is 0 Å². The minimum atomic E-state index is -2.29. The van der Waals surface area contributed by atoms with E-state index in [0.717, 1.165) is 5.56 Å². The van der Waals surface area contributed by atoms with Gasteiger partial charge in [0.15, 0.2) is 29.1 Å². The molecule has 0 amide bonds. The van der Waals surface area contributed by atoms with E-state index in [-0.39, 0.29) is 5.56 Å². The zero-order valence-electron chi connectivity index (χ0n) is 12.0. The number of benzene rings is 2. The van der Waals surface area contributed by atoms with Gasteiger partial charge in [-0.05, 0) is 43.5 Å². The molecule has 0 fully saturated rings. The lowest BCUT2D eigenvalue weighted by Gasteiger charge is -2.11. The summed E-state index contributed by atoms with van der Waals surface area (Å²) in [7, 11) is 0. The molecule has 0 saturated heterocycles. The van der Waals surface area contributed by atoms with E-state index < -0.39 is 40.4 Å². The van der Waals surface area contributed by atoms with Gasteiger partial charge in [-0.3, -0.25) is 4.79 Å². The number of carbonyl (C=O) groups is 1. The Morgan fingerprint density at radius 2 is 1.09 bits per heavy atom. The Balaban J connectivity index is 2.73. The fourth-order valence-electron chi connectivity index (χ4n) is 2.14. The first-order chi connectivity index (χ1) is 10.2. The number of hydrogen-bond donors (Lipinski definition) is 0. The molecule has 6 heteroatoms. The van der Waals surface area contributed by atoms with Gasteiger partial charge >= 0.3 is 0 Å². The zero-order valence-corrected chi connectivity index (χ0v) is 12.0. The Bertz CT molecular complexity index is 767. The summed E-state index contributed by atoms with van der Waals surface area (Å²) in [4.78, 5) is 12.3. The van der Waals surface area contributed by atoms with Crippen molar-refractivity contribution in [2.75, 3.05) is 0 Å². The molecule has 0 radical (unpaired) electrons. The van der Waals surface area contributed by atoms with Crippen LogP contribution < -0.4 is 0 Å². The average Bonchev–Trinajstić information content (AvgIpc) is 2.47. The normalized spacial score (nSPS) is 10.9. The molecule has 0 aliphatic rings. The number of carbonyl (C=O) groups excluding carboxylic acids is 1. The Kier molecular flexibility index (Phi) is 4.04. The topological polar surface area (TPSA) is 17.1 Å². The number of ketones is 1. The molecule has 2 aromatic carbocycles. The largest absolute Gasteiger partial charge is 0.288 e. The number of halogens is 5. The van der Waals surface area contributed by atoms with Gasteiger partial charge in [0.25, 0.3) is 0 Å². The smallest absolute Gasteiger partial charge is 0.200 e. The van der Waals surface area contributed by atoms with Crippen LogP contribution in [0.2, 0.25) is 0 Å². The van der Waals surface area contributed by atoms with Gasteiger partial charge in [0.2, 0.25) is 5.82 Å². The Morgan fingerprint density at radius 3 is 1.59 bits per heavy atom. The summed E-state index contributed by atoms with van der Waals surface area (Å²) in [6, 6.07) is 2.97. The van der Waals surface area contributed by atoms with Crippen molar-refractivity contribution in [2.24, 2.45) is 0 Å². The van der Waals surface area contributed by atoms with E-state index >= 15 is 0 Å². The van der Waals surface area contributed by atoms with Crippen molar-refractivity contribution in [3.63, 3.8) is 0 Å². The lowest BCUT2D eigenvalue weighted by Crippen LogP contribution is -2.15. The molecule has 2 rings (SSSR count). The molecular formula is C16H11F5O. The van der Waals surface area contributed by atoms with E-state index in [0.29, 0.717) is 11.1 Å². The number of rotatable bonds is 2. The van der Waals surface area contributed by atoms with Gasteiger partial charge in [0.1, 0.15) is 5.56 Å². The molecule has 0 heterocycles. The minimum absolute atomic E-state index is 0.105. The van der Waals surface area contributed by atoms with E-state index in [1.54, 1.807) is 19.9 Å². The Labute approximate surface area is 123 Å². The van der Waals surface area contributed by atoms with Gasteiger partial charge in [0, 0.05) is 5.56 Å². The van der Waals surface area contributed by atoms with Gasteiger partial charge < -0.3 is 0 Å². The van der Waals surface area contributed by atoms with Gasteiger partial charge in [-0.2, -0.15) is 0 Å². The number of hydrogen-bond acceptors (Lipinski definition) is 1. The van der Waals surface area contributed by atoms with Crippen molar-refractivity contribution in [2.45, 2.75) is 20.8 Å². The molecular weight excluding hydrogens is 303 g/mol. The van der Waals surface area contributed by atoms with Crippen molar-refractivity contribution in [1.82, 2.24) is 0 Å². The predicted octanol–water partition coefficient (Wildman–Crippen LogP) is 4.54. The van der Waals surface area contributed by atoms with Crippen molar-refractivity contribution >= 4 is 5.78 Å². The first-order valence-electron chi connectivity index (χ1n) is 6.30. The van der Waals surface area contributed by atoms with Crippen LogP contribution in [0.25, 0.3) is 0 Å². The van der Waals surface area contributed by atoms with Gasteiger partial charge in [-0.25, -0.2) is 22.0 Å². The maximum Gasteiger partial charge on any atom is 0.200 e. The third-order valence-electron chi connectivity index (χ3n) is 3.52. The lowest BCUT2D eigenvalue weighted by molar-refractivity contribution is 0.102. The molecule has 0 atom stereocenters. The van der Waals surface area contributed by atoms with Crippen molar-refractivity contribution in [3.8, 4) is 0 Å². The van der Waals surface area contributed by atoms with Crippen LogP contribution in [0.1, 0.15) is 32.6 Å². The molecule has 0 aliphatic carbocycles. The third-order valence-corrected chi connectivity index (χ3v) is 3.52. The highest BCUT2D eigenvalue weighted by atomic mass is 19.2. The van der Waals surface area contributed by atoms with Crippen LogP contribution in [0, 0.1) is 49.9 Å². The standard InChI is InChI=1S/C16H11F5O/c1-6-4-8(3)9(5-7(6)2)16(22)10-11(17)13(19)15(21)14(20)12(10)18/h4-5H,1-3H3. The zero-order chi connectivity index (χ0) is 16.8. The fourth-order valence-corrected chi connectivity index (χ4v) is 2.14. The molecule has 1 nitrogen and oxygen atoms in total. The Morgan fingerprint density at radius 1 is 0.682 bits per heavy atom. The highest BCUT2D eigenvalue weighted by molar-refractivity contribution is 6.10. The lowest BCUT2D eigenvalue weighted by atomic mass is 9.94. The molecule has 0 spiro atoms. The molecule has 116 valence electrons. The quantitative estimate of drug-likeness (QED) is 0.344. The fraction of sp³-hybridized carbons (Fsp3) is 0.188. The molecule has 0 aliphatic heterocycles. The van der Waals surface area contributed by atoms with E-state index in [2.05, 4.69) is 0 Å². The predicted molar refractivity (Wildman–Crippen MR) is 70.3 cm³/mol. The third kappa shape index (κ3) is 2.38. The summed E-state index contributed by atoms with van der Waals surface area (Å²) in [5.74, 6) is -12.1. The second kappa shape index (κ2) is 5.51. The van der Waals surface area contributed by atoms with E-state index in [4.69, 9.17) is 0 Å². The second-order valence-electron chi connectivity index (χ2n) is 5.03. The summed E-state index contributed by atoms with van der Waals surface area (Å²) in [6.45, 7) is 4.96. The molecule has 0 aromatic heterocycles. The first-order valence-corrected chi connectivity index (χ1v) is 6.30. The summed E-state index contributed by atoms with van der Waals surface area (Å²) < 4.78 is 66.9. The van der Waals surface area contributed by atoms with E-state index in [9.17, 15) is 26.7 Å². The van der Waals surface area contributed by atoms with E-state index in [1.807, 2.05) is 0 Å². The molecule has 0 N–H and O–H groups in total. The van der Waals surface area contributed by atoms with Gasteiger partial charge in [0.05, 0.1) is 0 Å². The summed E-state index contributed by atoms with van der Waals surface area (Å²) in [5.41, 5.74) is 0.343. The minimum Gasteiger partial charge on any atom is -0.288 e. The molecule has 0 saturated carbocycles. The first kappa shape index (κ1) is 16.1. The van der Waals surface area contributed by atoms with Crippen LogP contribution in [0.3, 0.4) is 0 Å². The molecule has 22 heavy (non-hydrogen) atoms. The van der Waals surface area contributed by atoms with Gasteiger partial charge in [-0.1, -0.05) is 6.07 Å². The maximum absolute atomic E-state index is 13.7. The highest BCUT2D eigenvalue weighted by Crippen LogP contribution is 2.27. The van der Waals surface area contributed by atoms with Crippen molar-refractivity contribution in [3.05, 3.63) is 69.0 Å². The second-order valence-corrected chi connectivity index (χ2v) is 5.03. The SMILES string of the molecule is Cc1cc(C)c(C(=O)c2c(F)c(F)c(F)c(F)c2F)cc1C. The van der Waals surface area contributed by atoms with Crippen LogP contribution in [0.4, 0.5) is 22.0 Å². The Hall–Kier alpha value is -2.24. The highest BCUT2D eigenvalue weighted by Gasteiger charge is 2.30. The summed E-state index contributed by atoms with van der Waals surface area (Å²) in [6.07, 6.45) is 0. The average molecular weight is 314 g/mol. The van der Waals surface area contributed by atoms with Crippen molar-refractivity contribution < 1.29 is 26.7 Å². The summed E-state index contributed by atoms with van der Waals surface area (Å²) in [5, 5.41) is 0. The van der Waals surface area contributed by atoms with E-state index in [1.165, 1.54) is 13.0 Å². The van der Waals surface area contributed by atoms with Crippen LogP contribution in [0.15, 0.2) is 12.1 Å². The van der Waals surface area contributed by atoms with Gasteiger partial charge in [-0.15, -0.1) is 0 Å². The summed E-state index contributed by atoms with van der Waals surface area (Å²) >= 11 is 0. The molecule has 0 unspecified atom stereocenters. The van der Waals surface area contributed by atoms with Crippen LogP contribution in [-0.2, 0) is 0 Å². The maximum atomic E-state index is 13.7. The molecule has 0 bridgehead atoms.